The van der Waals surface area contributed by atoms with Crippen molar-refractivity contribution >= 4 is 12.0 Å². The zero-order chi connectivity index (χ0) is 16.1. The van der Waals surface area contributed by atoms with Crippen LogP contribution in [0, 0.1) is 0 Å². The molecule has 2 N–H and O–H groups in total. The average molecular weight is 304 g/mol. The fourth-order valence-electron chi connectivity index (χ4n) is 2.35. The second-order valence-electron chi connectivity index (χ2n) is 4.79. The van der Waals surface area contributed by atoms with E-state index < -0.39 is 12.0 Å². The highest BCUT2D eigenvalue weighted by Gasteiger charge is 2.31. The number of urea groups is 1. The van der Waals surface area contributed by atoms with Gasteiger partial charge in [-0.05, 0) is 38.5 Å². The molecule has 22 heavy (non-hydrogen) atoms. The fourth-order valence-corrected chi connectivity index (χ4v) is 2.35. The molecule has 1 aromatic rings. The maximum absolute atomic E-state index is 12.2. The van der Waals surface area contributed by atoms with Crippen LogP contribution in [0.2, 0.25) is 0 Å². The Morgan fingerprint density at radius 1 is 1.18 bits per heavy atom. The molecule has 6 nitrogen and oxygen atoms in total. The standard InChI is InChI=1S/C16H20N2O4/c1-4-21-12-8-6-11(7-9-12)14-13(15(19)22-5-2)10(3)17-16(20)18-14/h6-9,14H,4-5H2,1-3H3,(H2,17,18,20)/t14-/m0/s1. The summed E-state index contributed by atoms with van der Waals surface area (Å²) >= 11 is 0. The topological polar surface area (TPSA) is 76.7 Å². The van der Waals surface area contributed by atoms with Crippen molar-refractivity contribution in [3.05, 3.63) is 41.1 Å². The Labute approximate surface area is 129 Å². The maximum atomic E-state index is 12.2. The van der Waals surface area contributed by atoms with Crippen LogP contribution in [-0.2, 0) is 9.53 Å². The van der Waals surface area contributed by atoms with Crippen LogP contribution in [0.4, 0.5) is 4.79 Å². The second kappa shape index (κ2) is 6.98. The maximum Gasteiger partial charge on any atom is 0.338 e. The molecule has 0 fully saturated rings. The number of allylic oxidation sites excluding steroid dienone is 1. The third-order valence-electron chi connectivity index (χ3n) is 3.29. The molecule has 1 aliphatic heterocycles. The van der Waals surface area contributed by atoms with E-state index >= 15 is 0 Å². The van der Waals surface area contributed by atoms with Gasteiger partial charge in [0.1, 0.15) is 5.75 Å². The Hall–Kier alpha value is -2.50. The predicted octanol–water partition coefficient (Wildman–Crippen LogP) is 2.28. The normalized spacial score (nSPS) is 17.6. The summed E-state index contributed by atoms with van der Waals surface area (Å²) in [5, 5.41) is 5.36. The van der Waals surface area contributed by atoms with Crippen molar-refractivity contribution in [2.24, 2.45) is 0 Å². The first kappa shape index (κ1) is 15.9. The van der Waals surface area contributed by atoms with Gasteiger partial charge >= 0.3 is 12.0 Å². The summed E-state index contributed by atoms with van der Waals surface area (Å²) < 4.78 is 10.5. The lowest BCUT2D eigenvalue weighted by molar-refractivity contribution is -0.139. The smallest absolute Gasteiger partial charge is 0.338 e. The molecule has 2 amide bonds. The van der Waals surface area contributed by atoms with Crippen molar-refractivity contribution in [2.75, 3.05) is 13.2 Å². The summed E-state index contributed by atoms with van der Waals surface area (Å²) in [6, 6.07) is 6.39. The van der Waals surface area contributed by atoms with Crippen LogP contribution in [0.25, 0.3) is 0 Å². The van der Waals surface area contributed by atoms with Gasteiger partial charge in [-0.3, -0.25) is 0 Å². The molecule has 1 heterocycles. The summed E-state index contributed by atoms with van der Waals surface area (Å²) in [4.78, 5) is 23.9. The number of hydrogen-bond donors (Lipinski definition) is 2. The van der Waals surface area contributed by atoms with Gasteiger partial charge in [0.2, 0.25) is 0 Å². The zero-order valence-corrected chi connectivity index (χ0v) is 12.9. The van der Waals surface area contributed by atoms with Crippen LogP contribution in [0.5, 0.6) is 5.75 Å². The molecule has 0 saturated carbocycles. The van der Waals surface area contributed by atoms with Crippen molar-refractivity contribution in [2.45, 2.75) is 26.8 Å². The van der Waals surface area contributed by atoms with Crippen molar-refractivity contribution < 1.29 is 19.1 Å². The van der Waals surface area contributed by atoms with Crippen LogP contribution in [0.3, 0.4) is 0 Å². The Kier molecular flexibility index (Phi) is 5.04. The monoisotopic (exact) mass is 304 g/mol. The number of carbonyl (C=O) groups excluding carboxylic acids is 2. The molecule has 118 valence electrons. The van der Waals surface area contributed by atoms with Gasteiger partial charge in [0, 0.05) is 5.70 Å². The number of carbonyl (C=O) groups is 2. The summed E-state index contributed by atoms with van der Waals surface area (Å²) in [5.74, 6) is 0.302. The minimum Gasteiger partial charge on any atom is -0.494 e. The number of amides is 2. The minimum absolute atomic E-state index is 0.277. The number of esters is 1. The average Bonchev–Trinajstić information content (AvgIpc) is 2.47. The molecule has 1 aliphatic rings. The highest BCUT2D eigenvalue weighted by atomic mass is 16.5. The van der Waals surface area contributed by atoms with Gasteiger partial charge in [-0.25, -0.2) is 9.59 Å². The van der Waals surface area contributed by atoms with E-state index in [-0.39, 0.29) is 12.6 Å². The van der Waals surface area contributed by atoms with Crippen molar-refractivity contribution in [1.82, 2.24) is 10.6 Å². The molecule has 0 radical (unpaired) electrons. The van der Waals surface area contributed by atoms with Crippen LogP contribution >= 0.6 is 0 Å². The lowest BCUT2D eigenvalue weighted by Crippen LogP contribution is -2.45. The van der Waals surface area contributed by atoms with E-state index in [4.69, 9.17) is 9.47 Å². The van der Waals surface area contributed by atoms with Gasteiger partial charge in [-0.1, -0.05) is 12.1 Å². The zero-order valence-electron chi connectivity index (χ0n) is 12.9. The Bertz CT molecular complexity index is 593. The largest absolute Gasteiger partial charge is 0.494 e. The lowest BCUT2D eigenvalue weighted by Gasteiger charge is -2.28. The first-order valence-corrected chi connectivity index (χ1v) is 7.25. The van der Waals surface area contributed by atoms with Gasteiger partial charge < -0.3 is 20.1 Å². The number of hydrogen-bond acceptors (Lipinski definition) is 4. The van der Waals surface area contributed by atoms with Crippen LogP contribution in [0.15, 0.2) is 35.5 Å². The molecule has 0 spiro atoms. The van der Waals surface area contributed by atoms with Gasteiger partial charge in [0.05, 0.1) is 24.8 Å². The number of ether oxygens (including phenoxy) is 2. The highest BCUT2D eigenvalue weighted by Crippen LogP contribution is 2.28. The minimum atomic E-state index is -0.538. The predicted molar refractivity (Wildman–Crippen MR) is 81.4 cm³/mol. The van der Waals surface area contributed by atoms with E-state index in [1.807, 2.05) is 31.2 Å². The number of rotatable bonds is 5. The van der Waals surface area contributed by atoms with E-state index in [0.29, 0.717) is 17.9 Å². The molecule has 0 aliphatic carbocycles. The van der Waals surface area contributed by atoms with Gasteiger partial charge in [-0.2, -0.15) is 0 Å². The molecule has 1 aromatic carbocycles. The van der Waals surface area contributed by atoms with Crippen LogP contribution < -0.4 is 15.4 Å². The molecule has 6 heteroatoms. The quantitative estimate of drug-likeness (QED) is 0.818. The molecule has 0 bridgehead atoms. The molecule has 1 atom stereocenters. The first-order valence-electron chi connectivity index (χ1n) is 7.25. The van der Waals surface area contributed by atoms with E-state index in [1.165, 1.54) is 0 Å². The lowest BCUT2D eigenvalue weighted by atomic mass is 9.95. The van der Waals surface area contributed by atoms with Crippen molar-refractivity contribution in [3.8, 4) is 5.75 Å². The molecule has 0 saturated heterocycles. The Balaban J connectivity index is 2.34. The third-order valence-corrected chi connectivity index (χ3v) is 3.29. The van der Waals surface area contributed by atoms with Crippen molar-refractivity contribution in [1.29, 1.82) is 0 Å². The summed E-state index contributed by atoms with van der Waals surface area (Å²) in [5.41, 5.74) is 1.70. The summed E-state index contributed by atoms with van der Waals surface area (Å²) in [6.07, 6.45) is 0. The van der Waals surface area contributed by atoms with E-state index in [1.54, 1.807) is 13.8 Å². The van der Waals surface area contributed by atoms with E-state index in [9.17, 15) is 9.59 Å². The third kappa shape index (κ3) is 3.39. The van der Waals surface area contributed by atoms with Gasteiger partial charge in [-0.15, -0.1) is 0 Å². The van der Waals surface area contributed by atoms with Crippen LogP contribution in [-0.4, -0.2) is 25.2 Å². The number of benzene rings is 1. The Morgan fingerprint density at radius 2 is 1.86 bits per heavy atom. The molecular formula is C16H20N2O4. The molecule has 0 unspecified atom stereocenters. The van der Waals surface area contributed by atoms with Crippen molar-refractivity contribution in [3.63, 3.8) is 0 Å². The molecular weight excluding hydrogens is 284 g/mol. The van der Waals surface area contributed by atoms with E-state index in [0.717, 1.165) is 11.3 Å². The second-order valence-corrected chi connectivity index (χ2v) is 4.79. The highest BCUT2D eigenvalue weighted by molar-refractivity contribution is 5.95. The summed E-state index contributed by atoms with van der Waals surface area (Å²) in [6.45, 7) is 6.20. The fraction of sp³-hybridized carbons (Fsp3) is 0.375. The summed E-state index contributed by atoms with van der Waals surface area (Å²) in [7, 11) is 0. The van der Waals surface area contributed by atoms with Gasteiger partial charge in [0.25, 0.3) is 0 Å². The molecule has 2 rings (SSSR count). The van der Waals surface area contributed by atoms with Gasteiger partial charge in [0.15, 0.2) is 0 Å². The number of nitrogens with one attached hydrogen (secondary N) is 2. The first-order chi connectivity index (χ1) is 10.6. The SMILES string of the molecule is CCOC(=O)C1=C(C)NC(=O)N[C@H]1c1ccc(OCC)cc1. The molecule has 0 aromatic heterocycles. The van der Waals surface area contributed by atoms with Crippen LogP contribution in [0.1, 0.15) is 32.4 Å². The van der Waals surface area contributed by atoms with E-state index in [2.05, 4.69) is 10.6 Å². The Morgan fingerprint density at radius 3 is 2.45 bits per heavy atom.